The number of hydrogen-bond acceptors (Lipinski definition) is 4. The summed E-state index contributed by atoms with van der Waals surface area (Å²) in [5.74, 6) is -0.0437. The van der Waals surface area contributed by atoms with E-state index in [9.17, 15) is 4.79 Å². The molecule has 0 unspecified atom stereocenters. The van der Waals surface area contributed by atoms with Crippen molar-refractivity contribution in [2.75, 3.05) is 24.5 Å². The molecule has 6 heteroatoms. The zero-order chi connectivity index (χ0) is 16.1. The maximum atomic E-state index is 12.1. The second kappa shape index (κ2) is 7.93. The molecule has 23 heavy (non-hydrogen) atoms. The Balaban J connectivity index is 1.49. The van der Waals surface area contributed by atoms with E-state index in [0.29, 0.717) is 12.1 Å². The van der Waals surface area contributed by atoms with Gasteiger partial charge in [0.15, 0.2) is 5.13 Å². The molecule has 1 aromatic heterocycles. The highest BCUT2D eigenvalue weighted by molar-refractivity contribution is 9.10. The van der Waals surface area contributed by atoms with Crippen molar-refractivity contribution in [1.82, 2.24) is 10.3 Å². The van der Waals surface area contributed by atoms with Gasteiger partial charge >= 0.3 is 0 Å². The standard InChI is InChI=1S/C17H20BrN3OS/c18-14-6-4-5-13(11-14)16(22)19-8-7-15-12-23-17(20-15)21-9-2-1-3-10-21/h4-6,11-12H,1-3,7-10H2,(H,19,22). The monoisotopic (exact) mass is 393 g/mol. The first-order valence-corrected chi connectivity index (χ1v) is 9.63. The zero-order valence-corrected chi connectivity index (χ0v) is 15.3. The van der Waals surface area contributed by atoms with E-state index in [1.165, 1.54) is 19.3 Å². The van der Waals surface area contributed by atoms with Crippen LogP contribution in [-0.2, 0) is 6.42 Å². The van der Waals surface area contributed by atoms with Gasteiger partial charge in [0.1, 0.15) is 0 Å². The molecule has 1 aliphatic heterocycles. The number of carbonyl (C=O) groups is 1. The van der Waals surface area contributed by atoms with Crippen molar-refractivity contribution in [1.29, 1.82) is 0 Å². The molecule has 1 N–H and O–H groups in total. The van der Waals surface area contributed by atoms with E-state index in [2.05, 4.69) is 31.5 Å². The van der Waals surface area contributed by atoms with Crippen LogP contribution in [0.15, 0.2) is 34.1 Å². The first-order chi connectivity index (χ1) is 11.2. The molecule has 1 amide bonds. The van der Waals surface area contributed by atoms with Crippen molar-refractivity contribution >= 4 is 38.3 Å². The molecule has 2 heterocycles. The van der Waals surface area contributed by atoms with Gasteiger partial charge in [0, 0.05) is 41.5 Å². The lowest BCUT2D eigenvalue weighted by Crippen LogP contribution is -2.29. The molecule has 1 aromatic carbocycles. The summed E-state index contributed by atoms with van der Waals surface area (Å²) in [6.45, 7) is 2.84. The van der Waals surface area contributed by atoms with Crippen molar-refractivity contribution in [3.8, 4) is 0 Å². The predicted molar refractivity (Wildman–Crippen MR) is 98.4 cm³/mol. The average Bonchev–Trinajstić information content (AvgIpc) is 3.04. The van der Waals surface area contributed by atoms with E-state index >= 15 is 0 Å². The van der Waals surface area contributed by atoms with E-state index in [4.69, 9.17) is 4.98 Å². The summed E-state index contributed by atoms with van der Waals surface area (Å²) in [4.78, 5) is 19.2. The predicted octanol–water partition coefficient (Wildman–Crippen LogP) is 3.87. The molecule has 0 radical (unpaired) electrons. The quantitative estimate of drug-likeness (QED) is 0.838. The highest BCUT2D eigenvalue weighted by atomic mass is 79.9. The van der Waals surface area contributed by atoms with Crippen LogP contribution in [0, 0.1) is 0 Å². The third kappa shape index (κ3) is 4.54. The fourth-order valence-electron chi connectivity index (χ4n) is 2.68. The van der Waals surface area contributed by atoms with Gasteiger partial charge in [-0.2, -0.15) is 0 Å². The Morgan fingerprint density at radius 2 is 2.13 bits per heavy atom. The van der Waals surface area contributed by atoms with Crippen molar-refractivity contribution in [3.05, 3.63) is 45.4 Å². The first kappa shape index (κ1) is 16.5. The first-order valence-electron chi connectivity index (χ1n) is 7.95. The van der Waals surface area contributed by atoms with Gasteiger partial charge in [-0.3, -0.25) is 4.79 Å². The van der Waals surface area contributed by atoms with Crippen LogP contribution in [0.4, 0.5) is 5.13 Å². The van der Waals surface area contributed by atoms with Crippen LogP contribution in [-0.4, -0.2) is 30.5 Å². The Kier molecular flexibility index (Phi) is 5.67. The zero-order valence-electron chi connectivity index (χ0n) is 12.9. The van der Waals surface area contributed by atoms with Gasteiger partial charge < -0.3 is 10.2 Å². The smallest absolute Gasteiger partial charge is 0.251 e. The number of amides is 1. The number of hydrogen-bond donors (Lipinski definition) is 1. The Labute approximate surface area is 149 Å². The second-order valence-electron chi connectivity index (χ2n) is 5.69. The van der Waals surface area contributed by atoms with Crippen LogP contribution in [0.3, 0.4) is 0 Å². The van der Waals surface area contributed by atoms with E-state index in [1.54, 1.807) is 11.3 Å². The molecule has 1 saturated heterocycles. The SMILES string of the molecule is O=C(NCCc1csc(N2CCCCC2)n1)c1cccc(Br)c1. The molecule has 1 aliphatic rings. The van der Waals surface area contributed by atoms with Crippen LogP contribution >= 0.6 is 27.3 Å². The summed E-state index contributed by atoms with van der Waals surface area (Å²) < 4.78 is 0.913. The molecule has 0 atom stereocenters. The van der Waals surface area contributed by atoms with E-state index in [0.717, 1.165) is 34.8 Å². The summed E-state index contributed by atoms with van der Waals surface area (Å²) >= 11 is 5.09. The Hall–Kier alpha value is -1.40. The molecule has 1 fully saturated rings. The van der Waals surface area contributed by atoms with Crippen LogP contribution in [0.5, 0.6) is 0 Å². The molecule has 0 aliphatic carbocycles. The van der Waals surface area contributed by atoms with Crippen molar-refractivity contribution in [2.45, 2.75) is 25.7 Å². The number of halogens is 1. The number of benzene rings is 1. The third-order valence-corrected chi connectivity index (χ3v) is 5.36. The van der Waals surface area contributed by atoms with Crippen LogP contribution < -0.4 is 10.2 Å². The van der Waals surface area contributed by atoms with E-state index < -0.39 is 0 Å². The van der Waals surface area contributed by atoms with Crippen LogP contribution in [0.1, 0.15) is 35.3 Å². The molecular weight excluding hydrogens is 374 g/mol. The Morgan fingerprint density at radius 1 is 1.30 bits per heavy atom. The highest BCUT2D eigenvalue weighted by Gasteiger charge is 2.14. The molecule has 122 valence electrons. The number of thiazole rings is 1. The van der Waals surface area contributed by atoms with E-state index in [-0.39, 0.29) is 5.91 Å². The lowest BCUT2D eigenvalue weighted by atomic mass is 10.1. The lowest BCUT2D eigenvalue weighted by molar-refractivity contribution is 0.0954. The number of carbonyl (C=O) groups excluding carboxylic acids is 1. The summed E-state index contributed by atoms with van der Waals surface area (Å²) in [7, 11) is 0. The molecule has 4 nitrogen and oxygen atoms in total. The number of nitrogens with one attached hydrogen (secondary N) is 1. The van der Waals surface area contributed by atoms with Crippen molar-refractivity contribution in [3.63, 3.8) is 0 Å². The molecular formula is C17H20BrN3OS. The largest absolute Gasteiger partial charge is 0.352 e. The minimum absolute atomic E-state index is 0.0437. The molecule has 0 bridgehead atoms. The normalized spacial score (nSPS) is 14.7. The summed E-state index contributed by atoms with van der Waals surface area (Å²) in [6.07, 6.45) is 4.62. The maximum absolute atomic E-state index is 12.1. The number of piperidine rings is 1. The maximum Gasteiger partial charge on any atom is 0.251 e. The third-order valence-electron chi connectivity index (χ3n) is 3.92. The molecule has 0 spiro atoms. The van der Waals surface area contributed by atoms with Gasteiger partial charge in [-0.1, -0.05) is 22.0 Å². The summed E-state index contributed by atoms with van der Waals surface area (Å²) in [5, 5.41) is 6.18. The fraction of sp³-hybridized carbons (Fsp3) is 0.412. The fourth-order valence-corrected chi connectivity index (χ4v) is 3.99. The topological polar surface area (TPSA) is 45.2 Å². The van der Waals surface area contributed by atoms with Gasteiger partial charge in [-0.25, -0.2) is 4.98 Å². The van der Waals surface area contributed by atoms with Gasteiger partial charge in [-0.15, -0.1) is 11.3 Å². The second-order valence-corrected chi connectivity index (χ2v) is 7.44. The average molecular weight is 394 g/mol. The summed E-state index contributed by atoms with van der Waals surface area (Å²) in [5.41, 5.74) is 1.73. The Morgan fingerprint density at radius 3 is 2.91 bits per heavy atom. The number of aromatic nitrogens is 1. The van der Waals surface area contributed by atoms with Gasteiger partial charge in [0.05, 0.1) is 5.69 Å². The van der Waals surface area contributed by atoms with E-state index in [1.807, 2.05) is 24.3 Å². The van der Waals surface area contributed by atoms with Gasteiger partial charge in [0.2, 0.25) is 0 Å². The van der Waals surface area contributed by atoms with Gasteiger partial charge in [0.25, 0.3) is 5.91 Å². The number of rotatable bonds is 5. The van der Waals surface area contributed by atoms with Crippen molar-refractivity contribution < 1.29 is 4.79 Å². The molecule has 3 rings (SSSR count). The minimum Gasteiger partial charge on any atom is -0.352 e. The molecule has 0 saturated carbocycles. The lowest BCUT2D eigenvalue weighted by Gasteiger charge is -2.25. The highest BCUT2D eigenvalue weighted by Crippen LogP contribution is 2.24. The summed E-state index contributed by atoms with van der Waals surface area (Å²) in [6, 6.07) is 7.42. The van der Waals surface area contributed by atoms with Crippen LogP contribution in [0.25, 0.3) is 0 Å². The Bertz CT molecular complexity index is 667. The molecule has 2 aromatic rings. The number of nitrogens with zero attached hydrogens (tertiary/aromatic N) is 2. The van der Waals surface area contributed by atoms with Crippen LogP contribution in [0.2, 0.25) is 0 Å². The van der Waals surface area contributed by atoms with Crippen molar-refractivity contribution in [2.24, 2.45) is 0 Å². The number of anilines is 1. The minimum atomic E-state index is -0.0437. The van der Waals surface area contributed by atoms with Gasteiger partial charge in [-0.05, 0) is 37.5 Å².